The van der Waals surface area contributed by atoms with Gasteiger partial charge in [-0.1, -0.05) is 44.2 Å². The van der Waals surface area contributed by atoms with Crippen LogP contribution in [0.15, 0.2) is 36.0 Å². The van der Waals surface area contributed by atoms with Gasteiger partial charge in [0.25, 0.3) is 0 Å². The first kappa shape index (κ1) is 11.7. The molecule has 0 aliphatic heterocycles. The van der Waals surface area contributed by atoms with E-state index in [4.69, 9.17) is 0 Å². The SMILES string of the molecule is C=CN=C(C)c1ccc(C)cc1C(C)C. The molecule has 0 bridgehead atoms. The lowest BCUT2D eigenvalue weighted by molar-refractivity contribution is 0.862. The van der Waals surface area contributed by atoms with Gasteiger partial charge in [-0.3, -0.25) is 4.99 Å². The Bertz CT molecular complexity index is 386. The first-order valence-corrected chi connectivity index (χ1v) is 5.32. The smallest absolute Gasteiger partial charge is 0.0447 e. The lowest BCUT2D eigenvalue weighted by Crippen LogP contribution is -2.02. The Balaban J connectivity index is 3.28. The first-order chi connectivity index (χ1) is 7.06. The quantitative estimate of drug-likeness (QED) is 0.654. The number of aliphatic imine (C=N–C) groups is 1. The minimum absolute atomic E-state index is 0.523. The van der Waals surface area contributed by atoms with Gasteiger partial charge < -0.3 is 0 Å². The van der Waals surface area contributed by atoms with Crippen molar-refractivity contribution in [1.29, 1.82) is 0 Å². The van der Waals surface area contributed by atoms with Crippen LogP contribution in [0.1, 0.15) is 43.4 Å². The monoisotopic (exact) mass is 201 g/mol. The Hall–Kier alpha value is -1.37. The molecule has 15 heavy (non-hydrogen) atoms. The van der Waals surface area contributed by atoms with Crippen molar-refractivity contribution < 1.29 is 0 Å². The van der Waals surface area contributed by atoms with Crippen molar-refractivity contribution in [3.05, 3.63) is 47.7 Å². The highest BCUT2D eigenvalue weighted by Crippen LogP contribution is 2.21. The molecule has 0 unspecified atom stereocenters. The average molecular weight is 201 g/mol. The maximum Gasteiger partial charge on any atom is 0.0447 e. The second kappa shape index (κ2) is 4.92. The van der Waals surface area contributed by atoms with E-state index in [0.29, 0.717) is 5.92 Å². The third-order valence-corrected chi connectivity index (χ3v) is 2.50. The molecule has 1 nitrogen and oxygen atoms in total. The molecule has 1 aromatic rings. The molecule has 0 aromatic heterocycles. The summed E-state index contributed by atoms with van der Waals surface area (Å²) >= 11 is 0. The lowest BCUT2D eigenvalue weighted by atomic mass is 9.93. The van der Waals surface area contributed by atoms with Crippen molar-refractivity contribution in [2.75, 3.05) is 0 Å². The summed E-state index contributed by atoms with van der Waals surface area (Å²) < 4.78 is 0. The molecule has 0 radical (unpaired) electrons. The third kappa shape index (κ3) is 2.79. The van der Waals surface area contributed by atoms with Crippen LogP contribution >= 0.6 is 0 Å². The largest absolute Gasteiger partial charge is 0.262 e. The standard InChI is InChI=1S/C14H19N/c1-6-15-12(5)13-8-7-11(4)9-14(13)10(2)3/h6-10H,1H2,2-5H3. The summed E-state index contributed by atoms with van der Waals surface area (Å²) in [7, 11) is 0. The number of nitrogens with zero attached hydrogens (tertiary/aromatic N) is 1. The van der Waals surface area contributed by atoms with Crippen molar-refractivity contribution in [1.82, 2.24) is 0 Å². The van der Waals surface area contributed by atoms with Crippen LogP contribution in [0, 0.1) is 6.92 Å². The van der Waals surface area contributed by atoms with E-state index in [2.05, 4.69) is 50.5 Å². The molecular weight excluding hydrogens is 182 g/mol. The summed E-state index contributed by atoms with van der Waals surface area (Å²) in [4.78, 5) is 4.25. The summed E-state index contributed by atoms with van der Waals surface area (Å²) in [6, 6.07) is 6.51. The van der Waals surface area contributed by atoms with Crippen LogP contribution in [-0.4, -0.2) is 5.71 Å². The molecule has 0 fully saturated rings. The van der Waals surface area contributed by atoms with Crippen LogP contribution in [0.4, 0.5) is 0 Å². The normalized spacial score (nSPS) is 11.9. The average Bonchev–Trinajstić information content (AvgIpc) is 2.17. The van der Waals surface area contributed by atoms with Crippen LogP contribution in [0.5, 0.6) is 0 Å². The molecule has 1 aromatic carbocycles. The zero-order valence-corrected chi connectivity index (χ0v) is 10.0. The minimum Gasteiger partial charge on any atom is -0.262 e. The zero-order chi connectivity index (χ0) is 11.4. The van der Waals surface area contributed by atoms with Crippen molar-refractivity contribution in [2.45, 2.75) is 33.6 Å². The summed E-state index contributed by atoms with van der Waals surface area (Å²) in [6.45, 7) is 12.2. The van der Waals surface area contributed by atoms with Gasteiger partial charge in [0.05, 0.1) is 0 Å². The Labute approximate surface area is 92.6 Å². The van der Waals surface area contributed by atoms with E-state index < -0.39 is 0 Å². The van der Waals surface area contributed by atoms with Gasteiger partial charge in [0.2, 0.25) is 0 Å². The van der Waals surface area contributed by atoms with Gasteiger partial charge in [0.1, 0.15) is 0 Å². The first-order valence-electron chi connectivity index (χ1n) is 5.32. The molecule has 0 amide bonds. The number of aryl methyl sites for hydroxylation is 1. The van der Waals surface area contributed by atoms with Gasteiger partial charge in [-0.2, -0.15) is 0 Å². The minimum atomic E-state index is 0.523. The predicted molar refractivity (Wildman–Crippen MR) is 67.7 cm³/mol. The number of rotatable bonds is 3. The predicted octanol–water partition coefficient (Wildman–Crippen LogP) is 4.07. The lowest BCUT2D eigenvalue weighted by Gasteiger charge is -2.13. The molecule has 1 heteroatoms. The Kier molecular flexibility index (Phi) is 3.84. The third-order valence-electron chi connectivity index (χ3n) is 2.50. The molecule has 0 spiro atoms. The highest BCUT2D eigenvalue weighted by Gasteiger charge is 2.08. The molecule has 1 rings (SSSR count). The highest BCUT2D eigenvalue weighted by atomic mass is 14.7. The van der Waals surface area contributed by atoms with E-state index in [1.165, 1.54) is 16.7 Å². The van der Waals surface area contributed by atoms with E-state index in [1.54, 1.807) is 6.20 Å². The van der Waals surface area contributed by atoms with E-state index >= 15 is 0 Å². The van der Waals surface area contributed by atoms with Crippen LogP contribution in [0.2, 0.25) is 0 Å². The van der Waals surface area contributed by atoms with E-state index in [1.807, 2.05) is 6.92 Å². The fraction of sp³-hybridized carbons (Fsp3) is 0.357. The van der Waals surface area contributed by atoms with Crippen LogP contribution in [0.3, 0.4) is 0 Å². The second-order valence-electron chi connectivity index (χ2n) is 4.14. The summed E-state index contributed by atoms with van der Waals surface area (Å²) in [5.41, 5.74) is 4.93. The molecule has 80 valence electrons. The van der Waals surface area contributed by atoms with E-state index in [9.17, 15) is 0 Å². The van der Waals surface area contributed by atoms with Crippen LogP contribution in [-0.2, 0) is 0 Å². The van der Waals surface area contributed by atoms with Crippen molar-refractivity contribution in [3.8, 4) is 0 Å². The van der Waals surface area contributed by atoms with Crippen molar-refractivity contribution in [3.63, 3.8) is 0 Å². The molecule has 0 aliphatic rings. The second-order valence-corrected chi connectivity index (χ2v) is 4.14. The van der Waals surface area contributed by atoms with Crippen molar-refractivity contribution in [2.24, 2.45) is 4.99 Å². The van der Waals surface area contributed by atoms with Gasteiger partial charge in [0, 0.05) is 11.9 Å². The van der Waals surface area contributed by atoms with E-state index in [0.717, 1.165) is 5.71 Å². The van der Waals surface area contributed by atoms with E-state index in [-0.39, 0.29) is 0 Å². The van der Waals surface area contributed by atoms with Gasteiger partial charge in [0.15, 0.2) is 0 Å². The zero-order valence-electron chi connectivity index (χ0n) is 10.0. The fourth-order valence-corrected chi connectivity index (χ4v) is 1.70. The summed E-state index contributed by atoms with van der Waals surface area (Å²) in [5.74, 6) is 0.523. The Morgan fingerprint density at radius 2 is 2.07 bits per heavy atom. The fourth-order valence-electron chi connectivity index (χ4n) is 1.70. The molecule has 0 saturated heterocycles. The number of hydrogen-bond acceptors (Lipinski definition) is 1. The molecular formula is C14H19N. The van der Waals surface area contributed by atoms with Gasteiger partial charge in [-0.15, -0.1) is 0 Å². The van der Waals surface area contributed by atoms with Crippen LogP contribution < -0.4 is 0 Å². The Morgan fingerprint density at radius 1 is 1.40 bits per heavy atom. The van der Waals surface area contributed by atoms with Crippen LogP contribution in [0.25, 0.3) is 0 Å². The highest BCUT2D eigenvalue weighted by molar-refractivity contribution is 6.00. The maximum absolute atomic E-state index is 4.25. The topological polar surface area (TPSA) is 12.4 Å². The van der Waals surface area contributed by atoms with Crippen molar-refractivity contribution >= 4 is 5.71 Å². The molecule has 0 atom stereocenters. The summed E-state index contributed by atoms with van der Waals surface area (Å²) in [6.07, 6.45) is 1.60. The molecule has 0 N–H and O–H groups in total. The van der Waals surface area contributed by atoms with Gasteiger partial charge >= 0.3 is 0 Å². The summed E-state index contributed by atoms with van der Waals surface area (Å²) in [5, 5.41) is 0. The number of hydrogen-bond donors (Lipinski definition) is 0. The van der Waals surface area contributed by atoms with Gasteiger partial charge in [-0.05, 0) is 30.9 Å². The Morgan fingerprint density at radius 3 is 2.60 bits per heavy atom. The van der Waals surface area contributed by atoms with Gasteiger partial charge in [-0.25, -0.2) is 0 Å². The molecule has 0 saturated carbocycles. The molecule has 0 heterocycles. The maximum atomic E-state index is 4.25. The number of benzene rings is 1. The molecule has 0 aliphatic carbocycles.